The van der Waals surface area contributed by atoms with Crippen molar-refractivity contribution in [1.29, 1.82) is 0 Å². The van der Waals surface area contributed by atoms with E-state index in [0.717, 1.165) is 25.8 Å². The van der Waals surface area contributed by atoms with Crippen molar-refractivity contribution in [2.45, 2.75) is 44.9 Å². The predicted molar refractivity (Wildman–Crippen MR) is 56.9 cm³/mol. The zero-order valence-electron chi connectivity index (χ0n) is 8.72. The molecule has 0 aliphatic heterocycles. The minimum absolute atomic E-state index is 0.279. The Bertz CT molecular complexity index is 241. The summed E-state index contributed by atoms with van der Waals surface area (Å²) in [6, 6.07) is 0. The normalized spacial score (nSPS) is 21.6. The highest BCUT2D eigenvalue weighted by atomic mass is 16.2. The smallest absolute Gasteiger partial charge is 0.223 e. The first-order chi connectivity index (χ1) is 6.86. The first-order valence-electron chi connectivity index (χ1n) is 5.82. The number of carbonyl (C=O) groups excluding carboxylic acids is 1. The van der Waals surface area contributed by atoms with Crippen molar-refractivity contribution >= 4 is 5.91 Å². The summed E-state index contributed by atoms with van der Waals surface area (Å²) in [5.74, 6) is 0.636. The van der Waals surface area contributed by atoms with Crippen LogP contribution in [0.5, 0.6) is 0 Å². The molecule has 2 aliphatic rings. The molecule has 2 heteroatoms. The van der Waals surface area contributed by atoms with Crippen LogP contribution in [0, 0.1) is 5.92 Å². The van der Waals surface area contributed by atoms with Crippen molar-refractivity contribution in [1.82, 2.24) is 5.32 Å². The Labute approximate surface area is 85.8 Å². The Kier molecular flexibility index (Phi) is 3.22. The molecule has 0 radical (unpaired) electrons. The standard InChI is InChI=1S/C12H19NO/c14-12(11-6-7-11)13-9-8-10-4-2-1-3-5-10/h4,11H,1-3,5-9H2,(H,13,14). The maximum Gasteiger partial charge on any atom is 0.223 e. The van der Waals surface area contributed by atoms with Gasteiger partial charge in [-0.2, -0.15) is 0 Å². The van der Waals surface area contributed by atoms with E-state index in [1.54, 1.807) is 5.57 Å². The third-order valence-electron chi connectivity index (χ3n) is 3.08. The third kappa shape index (κ3) is 2.86. The van der Waals surface area contributed by atoms with Crippen LogP contribution in [-0.2, 0) is 4.79 Å². The number of carbonyl (C=O) groups is 1. The van der Waals surface area contributed by atoms with E-state index in [4.69, 9.17) is 0 Å². The molecule has 14 heavy (non-hydrogen) atoms. The van der Waals surface area contributed by atoms with Crippen LogP contribution in [0.2, 0.25) is 0 Å². The number of nitrogens with one attached hydrogen (secondary N) is 1. The van der Waals surface area contributed by atoms with Crippen LogP contribution < -0.4 is 5.32 Å². The average Bonchev–Trinajstić information content (AvgIpc) is 3.02. The summed E-state index contributed by atoms with van der Waals surface area (Å²) in [5, 5.41) is 3.01. The van der Waals surface area contributed by atoms with E-state index in [1.165, 1.54) is 25.7 Å². The second-order valence-electron chi connectivity index (χ2n) is 4.42. The lowest BCUT2D eigenvalue weighted by atomic mass is 9.97. The van der Waals surface area contributed by atoms with E-state index in [0.29, 0.717) is 5.92 Å². The van der Waals surface area contributed by atoms with Gasteiger partial charge >= 0.3 is 0 Å². The van der Waals surface area contributed by atoms with Gasteiger partial charge in [0.2, 0.25) is 5.91 Å². The molecule has 1 saturated carbocycles. The van der Waals surface area contributed by atoms with Gasteiger partial charge in [-0.15, -0.1) is 0 Å². The summed E-state index contributed by atoms with van der Waals surface area (Å²) >= 11 is 0. The van der Waals surface area contributed by atoms with Crippen molar-refractivity contribution in [3.8, 4) is 0 Å². The summed E-state index contributed by atoms with van der Waals surface area (Å²) in [6.45, 7) is 0.848. The Hall–Kier alpha value is -0.790. The van der Waals surface area contributed by atoms with Crippen molar-refractivity contribution in [2.75, 3.05) is 6.54 Å². The minimum Gasteiger partial charge on any atom is -0.356 e. The Morgan fingerprint density at radius 3 is 2.93 bits per heavy atom. The lowest BCUT2D eigenvalue weighted by Gasteiger charge is -2.12. The molecule has 1 amide bonds. The van der Waals surface area contributed by atoms with E-state index in [9.17, 15) is 4.79 Å². The molecule has 0 aromatic heterocycles. The zero-order valence-corrected chi connectivity index (χ0v) is 8.72. The van der Waals surface area contributed by atoms with Gasteiger partial charge in [0.15, 0.2) is 0 Å². The second kappa shape index (κ2) is 4.63. The fourth-order valence-electron chi connectivity index (χ4n) is 1.97. The summed E-state index contributed by atoms with van der Waals surface area (Å²) in [5.41, 5.74) is 1.55. The summed E-state index contributed by atoms with van der Waals surface area (Å²) in [6.07, 6.45) is 10.8. The summed E-state index contributed by atoms with van der Waals surface area (Å²) in [4.78, 5) is 11.3. The number of amides is 1. The number of allylic oxidation sites excluding steroid dienone is 1. The van der Waals surface area contributed by atoms with Crippen LogP contribution in [-0.4, -0.2) is 12.5 Å². The number of hydrogen-bond acceptors (Lipinski definition) is 1. The van der Waals surface area contributed by atoms with Crippen molar-refractivity contribution < 1.29 is 4.79 Å². The van der Waals surface area contributed by atoms with Crippen LogP contribution in [0.1, 0.15) is 44.9 Å². The van der Waals surface area contributed by atoms with Gasteiger partial charge in [0.05, 0.1) is 0 Å². The Balaban J connectivity index is 1.61. The van der Waals surface area contributed by atoms with Crippen LogP contribution in [0.15, 0.2) is 11.6 Å². The molecule has 0 aromatic carbocycles. The highest BCUT2D eigenvalue weighted by Crippen LogP contribution is 2.28. The zero-order chi connectivity index (χ0) is 9.80. The number of hydrogen-bond donors (Lipinski definition) is 1. The van der Waals surface area contributed by atoms with Crippen LogP contribution in [0.4, 0.5) is 0 Å². The molecule has 78 valence electrons. The Morgan fingerprint density at radius 1 is 1.43 bits per heavy atom. The van der Waals surface area contributed by atoms with Gasteiger partial charge in [0.25, 0.3) is 0 Å². The highest BCUT2D eigenvalue weighted by molar-refractivity contribution is 5.80. The van der Waals surface area contributed by atoms with E-state index in [1.807, 2.05) is 0 Å². The third-order valence-corrected chi connectivity index (χ3v) is 3.08. The summed E-state index contributed by atoms with van der Waals surface area (Å²) < 4.78 is 0. The SMILES string of the molecule is O=C(NCCC1=CCCCC1)C1CC1. The molecule has 0 saturated heterocycles. The topological polar surface area (TPSA) is 29.1 Å². The van der Waals surface area contributed by atoms with Crippen molar-refractivity contribution in [3.63, 3.8) is 0 Å². The van der Waals surface area contributed by atoms with E-state index in [-0.39, 0.29) is 5.91 Å². The number of rotatable bonds is 4. The maximum atomic E-state index is 11.3. The van der Waals surface area contributed by atoms with Gasteiger partial charge in [-0.05, 0) is 44.9 Å². The van der Waals surface area contributed by atoms with Crippen molar-refractivity contribution in [2.24, 2.45) is 5.92 Å². The molecule has 0 unspecified atom stereocenters. The lowest BCUT2D eigenvalue weighted by molar-refractivity contribution is -0.122. The molecule has 1 fully saturated rings. The average molecular weight is 193 g/mol. The lowest BCUT2D eigenvalue weighted by Crippen LogP contribution is -2.26. The largest absolute Gasteiger partial charge is 0.356 e. The van der Waals surface area contributed by atoms with Gasteiger partial charge in [-0.3, -0.25) is 4.79 Å². The first kappa shape index (κ1) is 9.75. The molecule has 0 aromatic rings. The van der Waals surface area contributed by atoms with Gasteiger partial charge in [0.1, 0.15) is 0 Å². The Morgan fingerprint density at radius 2 is 2.29 bits per heavy atom. The second-order valence-corrected chi connectivity index (χ2v) is 4.42. The van der Waals surface area contributed by atoms with E-state index >= 15 is 0 Å². The van der Waals surface area contributed by atoms with Crippen LogP contribution in [0.25, 0.3) is 0 Å². The van der Waals surface area contributed by atoms with Crippen LogP contribution >= 0.6 is 0 Å². The molecular weight excluding hydrogens is 174 g/mol. The molecule has 0 atom stereocenters. The van der Waals surface area contributed by atoms with E-state index < -0.39 is 0 Å². The minimum atomic E-state index is 0.279. The first-order valence-corrected chi connectivity index (χ1v) is 5.82. The molecule has 2 rings (SSSR count). The molecular formula is C12H19NO. The monoisotopic (exact) mass is 193 g/mol. The van der Waals surface area contributed by atoms with Crippen LogP contribution in [0.3, 0.4) is 0 Å². The molecule has 0 spiro atoms. The molecule has 1 N–H and O–H groups in total. The van der Waals surface area contributed by atoms with Gasteiger partial charge in [0, 0.05) is 12.5 Å². The maximum absolute atomic E-state index is 11.3. The quantitative estimate of drug-likeness (QED) is 0.682. The van der Waals surface area contributed by atoms with Gasteiger partial charge < -0.3 is 5.32 Å². The summed E-state index contributed by atoms with van der Waals surface area (Å²) in [7, 11) is 0. The molecule has 0 heterocycles. The van der Waals surface area contributed by atoms with E-state index in [2.05, 4.69) is 11.4 Å². The fraction of sp³-hybridized carbons (Fsp3) is 0.750. The predicted octanol–water partition coefficient (Wildman–Crippen LogP) is 2.40. The van der Waals surface area contributed by atoms with Gasteiger partial charge in [-0.1, -0.05) is 11.6 Å². The fourth-order valence-corrected chi connectivity index (χ4v) is 1.97. The van der Waals surface area contributed by atoms with Gasteiger partial charge in [-0.25, -0.2) is 0 Å². The molecule has 0 bridgehead atoms. The van der Waals surface area contributed by atoms with Crippen molar-refractivity contribution in [3.05, 3.63) is 11.6 Å². The molecule has 2 nitrogen and oxygen atoms in total. The highest BCUT2D eigenvalue weighted by Gasteiger charge is 2.28. The molecule has 2 aliphatic carbocycles.